The number of carboxylic acids is 1. The summed E-state index contributed by atoms with van der Waals surface area (Å²) in [5, 5.41) is 9.14. The molecule has 1 aliphatic rings. The van der Waals surface area contributed by atoms with Crippen molar-refractivity contribution >= 4 is 16.2 Å². The Hall–Kier alpha value is -0.700. The van der Waals surface area contributed by atoms with E-state index in [1.54, 1.807) is 0 Å². The van der Waals surface area contributed by atoms with Crippen LogP contribution in [0.5, 0.6) is 0 Å². The molecule has 0 aromatic rings. The van der Waals surface area contributed by atoms with Gasteiger partial charge in [-0.1, -0.05) is 0 Å². The number of carboxylic acid groups (broad SMARTS) is 1. The monoisotopic (exact) mass is 321 g/mol. The summed E-state index contributed by atoms with van der Waals surface area (Å²) in [5.41, 5.74) is 0. The lowest BCUT2D eigenvalue weighted by Crippen LogP contribution is -2.52. The number of rotatable bonds is 8. The Bertz CT molecular complexity index is 439. The summed E-state index contributed by atoms with van der Waals surface area (Å²) in [5.74, 6) is -1.07. The average Bonchev–Trinajstić information content (AvgIpc) is 2.43. The maximum absolute atomic E-state index is 12.2. The Morgan fingerprint density at radius 3 is 2.67 bits per heavy atom. The molecule has 1 heterocycles. The number of piperidine rings is 1. The van der Waals surface area contributed by atoms with Gasteiger partial charge in [-0.3, -0.25) is 4.79 Å². The Morgan fingerprint density at radius 2 is 2.10 bits per heavy atom. The summed E-state index contributed by atoms with van der Waals surface area (Å²) in [6, 6.07) is -0.519. The van der Waals surface area contributed by atoms with Gasteiger partial charge in [0.05, 0.1) is 0 Å². The zero-order valence-electron chi connectivity index (χ0n) is 13.1. The van der Waals surface area contributed by atoms with Crippen LogP contribution in [-0.2, 0) is 15.0 Å². The first-order valence-corrected chi connectivity index (χ1v) is 8.89. The first-order chi connectivity index (χ1) is 9.75. The average molecular weight is 321 g/mol. The third-order valence-electron chi connectivity index (χ3n) is 3.90. The van der Waals surface area contributed by atoms with Gasteiger partial charge in [0.2, 0.25) is 0 Å². The van der Waals surface area contributed by atoms with E-state index in [1.807, 2.05) is 7.05 Å². The highest BCUT2D eigenvalue weighted by atomic mass is 32.2. The molecular formula is C13H27N3O4S. The van der Waals surface area contributed by atoms with E-state index in [0.717, 1.165) is 17.3 Å². The van der Waals surface area contributed by atoms with Crippen molar-refractivity contribution in [2.24, 2.45) is 0 Å². The summed E-state index contributed by atoms with van der Waals surface area (Å²) in [4.78, 5) is 13.3. The largest absolute Gasteiger partial charge is 0.480 e. The summed E-state index contributed by atoms with van der Waals surface area (Å²) < 4.78 is 28.0. The lowest BCUT2D eigenvalue weighted by molar-refractivity contribution is -0.142. The zero-order chi connectivity index (χ0) is 16.0. The summed E-state index contributed by atoms with van der Waals surface area (Å²) in [6.07, 6.45) is 2.54. The van der Waals surface area contributed by atoms with Crippen molar-refractivity contribution in [3.8, 4) is 0 Å². The van der Waals surface area contributed by atoms with Gasteiger partial charge in [-0.15, -0.1) is 0 Å². The highest BCUT2D eigenvalue weighted by Crippen LogP contribution is 2.19. The van der Waals surface area contributed by atoms with Crippen LogP contribution in [0.3, 0.4) is 0 Å². The molecule has 0 saturated carbocycles. The van der Waals surface area contributed by atoms with Gasteiger partial charge in [0.25, 0.3) is 10.2 Å². The van der Waals surface area contributed by atoms with Gasteiger partial charge in [-0.2, -0.15) is 12.7 Å². The van der Waals surface area contributed by atoms with Gasteiger partial charge in [-0.05, 0) is 53.1 Å². The molecule has 0 aromatic carbocycles. The fourth-order valence-corrected chi connectivity index (χ4v) is 3.78. The summed E-state index contributed by atoms with van der Waals surface area (Å²) in [7, 11) is -1.72. The van der Waals surface area contributed by atoms with Crippen molar-refractivity contribution in [3.05, 3.63) is 0 Å². The second kappa shape index (κ2) is 8.07. The Morgan fingerprint density at radius 1 is 1.43 bits per heavy atom. The van der Waals surface area contributed by atoms with Gasteiger partial charge in [-0.25, -0.2) is 4.72 Å². The Kier molecular flexibility index (Phi) is 7.05. The molecule has 1 fully saturated rings. The van der Waals surface area contributed by atoms with E-state index in [-0.39, 0.29) is 6.54 Å². The highest BCUT2D eigenvalue weighted by Gasteiger charge is 2.36. The van der Waals surface area contributed by atoms with Gasteiger partial charge < -0.3 is 10.0 Å². The predicted molar refractivity (Wildman–Crippen MR) is 81.3 cm³/mol. The second-order valence-corrected chi connectivity index (χ2v) is 7.50. The highest BCUT2D eigenvalue weighted by molar-refractivity contribution is 7.87. The van der Waals surface area contributed by atoms with E-state index in [0.29, 0.717) is 31.8 Å². The topological polar surface area (TPSA) is 90.0 Å². The van der Waals surface area contributed by atoms with Crippen molar-refractivity contribution < 1.29 is 18.3 Å². The normalized spacial score (nSPS) is 21.1. The molecule has 0 aromatic heterocycles. The smallest absolute Gasteiger partial charge is 0.322 e. The maximum atomic E-state index is 12.2. The minimum atomic E-state index is -3.71. The van der Waals surface area contributed by atoms with Gasteiger partial charge in [0, 0.05) is 19.1 Å². The van der Waals surface area contributed by atoms with Gasteiger partial charge in [0.15, 0.2) is 0 Å². The molecule has 2 N–H and O–H groups in total. The Balaban J connectivity index is 2.50. The van der Waals surface area contributed by atoms with Crippen molar-refractivity contribution in [1.82, 2.24) is 13.9 Å². The van der Waals surface area contributed by atoms with Crippen LogP contribution in [0.15, 0.2) is 0 Å². The number of hydrogen-bond acceptors (Lipinski definition) is 4. The van der Waals surface area contributed by atoms with Crippen LogP contribution in [0, 0.1) is 0 Å². The third-order valence-corrected chi connectivity index (χ3v) is 5.52. The lowest BCUT2D eigenvalue weighted by Gasteiger charge is -2.31. The third kappa shape index (κ3) is 5.54. The number of aliphatic carboxylic acids is 1. The first-order valence-electron chi connectivity index (χ1n) is 7.45. The fourth-order valence-electron chi connectivity index (χ4n) is 2.31. The summed E-state index contributed by atoms with van der Waals surface area (Å²) >= 11 is 0. The minimum absolute atomic E-state index is 0.276. The van der Waals surface area contributed by atoms with Crippen molar-refractivity contribution in [2.75, 3.05) is 26.7 Å². The number of nitrogens with one attached hydrogen (secondary N) is 1. The fraction of sp³-hybridized carbons (Fsp3) is 0.923. The lowest BCUT2D eigenvalue weighted by atomic mass is 10.1. The molecule has 7 nitrogen and oxygen atoms in total. The molecule has 1 atom stereocenters. The van der Waals surface area contributed by atoms with Crippen LogP contribution in [0.2, 0.25) is 0 Å². The second-order valence-electron chi connectivity index (χ2n) is 5.79. The Labute approximate surface area is 127 Å². The molecule has 0 radical (unpaired) electrons. The van der Waals surface area contributed by atoms with Crippen LogP contribution in [0.1, 0.15) is 39.5 Å². The molecule has 1 aliphatic heterocycles. The van der Waals surface area contributed by atoms with Crippen LogP contribution in [-0.4, -0.2) is 67.5 Å². The van der Waals surface area contributed by atoms with Gasteiger partial charge in [0.1, 0.15) is 6.04 Å². The minimum Gasteiger partial charge on any atom is -0.480 e. The van der Waals surface area contributed by atoms with Crippen molar-refractivity contribution in [2.45, 2.75) is 51.6 Å². The zero-order valence-corrected chi connectivity index (χ0v) is 13.9. The van der Waals surface area contributed by atoms with Crippen LogP contribution >= 0.6 is 0 Å². The van der Waals surface area contributed by atoms with Crippen LogP contribution < -0.4 is 4.72 Å². The van der Waals surface area contributed by atoms with Crippen molar-refractivity contribution in [1.29, 1.82) is 0 Å². The molecule has 1 saturated heterocycles. The molecule has 0 spiro atoms. The molecule has 1 unspecified atom stereocenters. The quantitative estimate of drug-likeness (QED) is 0.635. The van der Waals surface area contributed by atoms with Crippen LogP contribution in [0.4, 0.5) is 0 Å². The summed E-state index contributed by atoms with van der Waals surface area (Å²) in [6.45, 7) is 5.55. The molecule has 124 valence electrons. The van der Waals surface area contributed by atoms with E-state index in [1.165, 1.54) is 0 Å². The molecule has 21 heavy (non-hydrogen) atoms. The maximum Gasteiger partial charge on any atom is 0.322 e. The molecule has 8 heteroatoms. The van der Waals surface area contributed by atoms with E-state index >= 15 is 0 Å². The molecule has 0 aliphatic carbocycles. The molecule has 0 amide bonds. The SMILES string of the molecule is CC(C)N(C)CCCNS(=O)(=O)N1CCCCC1C(=O)O. The van der Waals surface area contributed by atoms with E-state index < -0.39 is 22.2 Å². The molecular weight excluding hydrogens is 294 g/mol. The molecule has 1 rings (SSSR count). The number of hydrogen-bond donors (Lipinski definition) is 2. The first kappa shape index (κ1) is 18.3. The predicted octanol–water partition coefficient (Wildman–Crippen LogP) is 0.490. The van der Waals surface area contributed by atoms with Crippen LogP contribution in [0.25, 0.3) is 0 Å². The number of carbonyl (C=O) groups is 1. The van der Waals surface area contributed by atoms with Gasteiger partial charge >= 0.3 is 5.97 Å². The van der Waals surface area contributed by atoms with E-state index in [4.69, 9.17) is 5.11 Å². The molecule has 0 bridgehead atoms. The number of nitrogens with zero attached hydrogens (tertiary/aromatic N) is 2. The van der Waals surface area contributed by atoms with Crippen molar-refractivity contribution in [3.63, 3.8) is 0 Å². The van der Waals surface area contributed by atoms with E-state index in [2.05, 4.69) is 23.5 Å². The standard InChI is InChI=1S/C13H27N3O4S/c1-11(2)15(3)9-6-8-14-21(19,20)16-10-5-4-7-12(16)13(17)18/h11-12,14H,4-10H2,1-3H3,(H,17,18). The van der Waals surface area contributed by atoms with E-state index in [9.17, 15) is 13.2 Å².